The first kappa shape index (κ1) is 17.5. The maximum absolute atomic E-state index is 12.3. The van der Waals surface area contributed by atoms with E-state index in [0.29, 0.717) is 43.7 Å². The van der Waals surface area contributed by atoms with Crippen LogP contribution in [0.4, 0.5) is 10.5 Å². The summed E-state index contributed by atoms with van der Waals surface area (Å²) in [4.78, 5) is 26.3. The van der Waals surface area contributed by atoms with Gasteiger partial charge in [0.15, 0.2) is 0 Å². The van der Waals surface area contributed by atoms with Gasteiger partial charge in [-0.2, -0.15) is 5.26 Å². The van der Waals surface area contributed by atoms with Crippen molar-refractivity contribution in [1.82, 2.24) is 10.2 Å². The van der Waals surface area contributed by atoms with E-state index in [1.165, 1.54) is 0 Å². The van der Waals surface area contributed by atoms with Crippen LogP contribution >= 0.6 is 0 Å². The number of amides is 3. The molecule has 2 heterocycles. The molecule has 3 amide bonds. The molecule has 2 aromatic rings. The highest BCUT2D eigenvalue weighted by molar-refractivity contribution is 5.89. The first-order valence-electron chi connectivity index (χ1n) is 8.52. The molecule has 1 fully saturated rings. The summed E-state index contributed by atoms with van der Waals surface area (Å²) in [5.41, 5.74) is 1.09. The minimum absolute atomic E-state index is 0.0109. The third-order valence-corrected chi connectivity index (χ3v) is 4.41. The van der Waals surface area contributed by atoms with Gasteiger partial charge in [-0.25, -0.2) is 4.79 Å². The molecular weight excluding hydrogens is 332 g/mol. The van der Waals surface area contributed by atoms with Crippen LogP contribution in [0.25, 0.3) is 0 Å². The van der Waals surface area contributed by atoms with Gasteiger partial charge in [0.25, 0.3) is 0 Å². The van der Waals surface area contributed by atoms with Gasteiger partial charge in [0, 0.05) is 24.7 Å². The van der Waals surface area contributed by atoms with Gasteiger partial charge in [-0.3, -0.25) is 4.79 Å². The molecule has 0 saturated carbocycles. The average Bonchev–Trinajstić information content (AvgIpc) is 3.20. The average molecular weight is 352 g/mol. The van der Waals surface area contributed by atoms with Crippen LogP contribution in [0.5, 0.6) is 0 Å². The van der Waals surface area contributed by atoms with E-state index < -0.39 is 0 Å². The molecule has 0 radical (unpaired) electrons. The van der Waals surface area contributed by atoms with E-state index in [1.807, 2.05) is 12.1 Å². The number of carbonyl (C=O) groups excluding carboxylic acids is 2. The van der Waals surface area contributed by atoms with Crippen LogP contribution in [0.15, 0.2) is 47.1 Å². The van der Waals surface area contributed by atoms with Crippen molar-refractivity contribution >= 4 is 17.6 Å². The zero-order chi connectivity index (χ0) is 18.4. The number of piperidine rings is 1. The van der Waals surface area contributed by atoms with E-state index in [9.17, 15) is 9.59 Å². The van der Waals surface area contributed by atoms with Crippen molar-refractivity contribution in [3.05, 3.63) is 54.0 Å². The first-order chi connectivity index (χ1) is 12.7. The number of urea groups is 1. The monoisotopic (exact) mass is 352 g/mol. The Labute approximate surface area is 151 Å². The smallest absolute Gasteiger partial charge is 0.321 e. The standard InChI is InChI=1S/C19H20N4O3/c20-12-14-3-1-4-16(11-14)22-19(25)23-8-6-15(7-9-23)18(24)21-13-17-5-2-10-26-17/h1-5,10-11,15H,6-9,13H2,(H,21,24)(H,22,25). The highest BCUT2D eigenvalue weighted by atomic mass is 16.3. The molecule has 1 aromatic carbocycles. The summed E-state index contributed by atoms with van der Waals surface area (Å²) < 4.78 is 5.20. The second-order valence-corrected chi connectivity index (χ2v) is 6.18. The predicted molar refractivity (Wildman–Crippen MR) is 95.0 cm³/mol. The van der Waals surface area contributed by atoms with Crippen molar-refractivity contribution in [2.24, 2.45) is 5.92 Å². The molecule has 1 saturated heterocycles. The Morgan fingerprint density at radius 3 is 2.73 bits per heavy atom. The molecule has 7 heteroatoms. The Morgan fingerprint density at radius 1 is 1.23 bits per heavy atom. The van der Waals surface area contributed by atoms with E-state index in [-0.39, 0.29) is 17.9 Å². The fourth-order valence-electron chi connectivity index (χ4n) is 2.95. The summed E-state index contributed by atoms with van der Waals surface area (Å²) >= 11 is 0. The number of nitriles is 1. The second kappa shape index (κ2) is 8.21. The lowest BCUT2D eigenvalue weighted by atomic mass is 9.96. The van der Waals surface area contributed by atoms with E-state index in [2.05, 4.69) is 10.6 Å². The Bertz CT molecular complexity index is 802. The molecule has 2 N–H and O–H groups in total. The van der Waals surface area contributed by atoms with Gasteiger partial charge in [0.05, 0.1) is 24.4 Å². The molecule has 0 bridgehead atoms. The van der Waals surface area contributed by atoms with Crippen LogP contribution in [-0.2, 0) is 11.3 Å². The molecule has 26 heavy (non-hydrogen) atoms. The van der Waals surface area contributed by atoms with E-state index in [0.717, 1.165) is 5.76 Å². The minimum atomic E-state index is -0.213. The van der Waals surface area contributed by atoms with Crippen LogP contribution in [0.2, 0.25) is 0 Å². The number of rotatable bonds is 4. The van der Waals surface area contributed by atoms with Gasteiger partial charge >= 0.3 is 6.03 Å². The Kier molecular flexibility index (Phi) is 5.54. The summed E-state index contributed by atoms with van der Waals surface area (Å²) in [6.45, 7) is 1.41. The minimum Gasteiger partial charge on any atom is -0.467 e. The lowest BCUT2D eigenvalue weighted by Gasteiger charge is -2.31. The quantitative estimate of drug-likeness (QED) is 0.884. The molecule has 3 rings (SSSR count). The number of hydrogen-bond donors (Lipinski definition) is 2. The van der Waals surface area contributed by atoms with Crippen LogP contribution < -0.4 is 10.6 Å². The van der Waals surface area contributed by atoms with Crippen molar-refractivity contribution in [3.63, 3.8) is 0 Å². The van der Waals surface area contributed by atoms with Gasteiger partial charge in [-0.1, -0.05) is 6.07 Å². The van der Waals surface area contributed by atoms with Crippen molar-refractivity contribution in [3.8, 4) is 6.07 Å². The summed E-state index contributed by atoms with van der Waals surface area (Å²) in [5, 5.41) is 14.6. The van der Waals surface area contributed by atoms with Gasteiger partial charge in [0.2, 0.25) is 5.91 Å². The number of nitrogens with one attached hydrogen (secondary N) is 2. The number of nitrogens with zero attached hydrogens (tertiary/aromatic N) is 2. The molecule has 1 aliphatic rings. The Hall–Kier alpha value is -3.27. The van der Waals surface area contributed by atoms with E-state index in [1.54, 1.807) is 41.5 Å². The number of furan rings is 1. The molecule has 0 spiro atoms. The third kappa shape index (κ3) is 4.42. The highest BCUT2D eigenvalue weighted by Crippen LogP contribution is 2.19. The van der Waals surface area contributed by atoms with Gasteiger partial charge < -0.3 is 20.0 Å². The lowest BCUT2D eigenvalue weighted by molar-refractivity contribution is -0.126. The van der Waals surface area contributed by atoms with E-state index in [4.69, 9.17) is 9.68 Å². The molecule has 0 unspecified atom stereocenters. The summed E-state index contributed by atoms with van der Waals surface area (Å²) in [5.74, 6) is 0.605. The molecular formula is C19H20N4O3. The lowest BCUT2D eigenvalue weighted by Crippen LogP contribution is -2.44. The largest absolute Gasteiger partial charge is 0.467 e. The number of benzene rings is 1. The molecule has 1 aromatic heterocycles. The normalized spacial score (nSPS) is 14.5. The second-order valence-electron chi connectivity index (χ2n) is 6.18. The van der Waals surface area contributed by atoms with Gasteiger partial charge in [-0.05, 0) is 43.2 Å². The zero-order valence-electron chi connectivity index (χ0n) is 14.3. The summed E-state index contributed by atoms with van der Waals surface area (Å²) in [6, 6.07) is 12.2. The predicted octanol–water partition coefficient (Wildman–Crippen LogP) is 2.71. The SMILES string of the molecule is N#Cc1cccc(NC(=O)N2CCC(C(=O)NCc3ccco3)CC2)c1. The maximum Gasteiger partial charge on any atom is 0.321 e. The fraction of sp³-hybridized carbons (Fsp3) is 0.316. The third-order valence-electron chi connectivity index (χ3n) is 4.41. The van der Waals surface area contributed by atoms with Crippen molar-refractivity contribution in [1.29, 1.82) is 5.26 Å². The number of carbonyl (C=O) groups is 2. The van der Waals surface area contributed by atoms with Gasteiger partial charge in [-0.15, -0.1) is 0 Å². The molecule has 0 atom stereocenters. The topological polar surface area (TPSA) is 98.4 Å². The van der Waals surface area contributed by atoms with E-state index >= 15 is 0 Å². The Balaban J connectivity index is 1.46. The van der Waals surface area contributed by atoms with Crippen molar-refractivity contribution in [2.45, 2.75) is 19.4 Å². The number of hydrogen-bond acceptors (Lipinski definition) is 4. The fourth-order valence-corrected chi connectivity index (χ4v) is 2.95. The molecule has 0 aliphatic carbocycles. The van der Waals surface area contributed by atoms with Crippen LogP contribution in [0.1, 0.15) is 24.2 Å². The molecule has 134 valence electrons. The number of anilines is 1. The number of likely N-dealkylation sites (tertiary alicyclic amines) is 1. The highest BCUT2D eigenvalue weighted by Gasteiger charge is 2.27. The van der Waals surface area contributed by atoms with Crippen LogP contribution in [0.3, 0.4) is 0 Å². The van der Waals surface area contributed by atoms with Crippen LogP contribution in [-0.4, -0.2) is 29.9 Å². The zero-order valence-corrected chi connectivity index (χ0v) is 14.3. The van der Waals surface area contributed by atoms with Crippen LogP contribution in [0, 0.1) is 17.2 Å². The van der Waals surface area contributed by atoms with Crippen molar-refractivity contribution in [2.75, 3.05) is 18.4 Å². The molecule has 1 aliphatic heterocycles. The Morgan fingerprint density at radius 2 is 2.04 bits per heavy atom. The molecule has 7 nitrogen and oxygen atoms in total. The summed E-state index contributed by atoms with van der Waals surface area (Å²) in [7, 11) is 0. The van der Waals surface area contributed by atoms with Crippen molar-refractivity contribution < 1.29 is 14.0 Å². The first-order valence-corrected chi connectivity index (χ1v) is 8.52. The van der Waals surface area contributed by atoms with Gasteiger partial charge in [0.1, 0.15) is 5.76 Å². The summed E-state index contributed by atoms with van der Waals surface area (Å²) in [6.07, 6.45) is 2.82. The maximum atomic E-state index is 12.3.